The molecule has 0 heterocycles. The molecule has 0 fully saturated rings. The fourth-order valence-corrected chi connectivity index (χ4v) is 1.12. The summed E-state index contributed by atoms with van der Waals surface area (Å²) in [5.41, 5.74) is 0.776. The Bertz CT molecular complexity index is 227. The number of allylic oxidation sites excluding steroid dienone is 2. The molecule has 0 bridgehead atoms. The number of hydrogen-bond acceptors (Lipinski definition) is 2. The molecule has 0 saturated heterocycles. The molecule has 0 aromatic rings. The van der Waals surface area contributed by atoms with Crippen LogP contribution in [0.25, 0.3) is 0 Å². The number of nitriles is 2. The van der Waals surface area contributed by atoms with Gasteiger partial charge >= 0.3 is 0 Å². The summed E-state index contributed by atoms with van der Waals surface area (Å²) >= 11 is 0. The van der Waals surface area contributed by atoms with Crippen LogP contribution in [-0.2, 0) is 0 Å². The number of hydrogen-bond donors (Lipinski definition) is 0. The third kappa shape index (κ3) is 1.36. The van der Waals surface area contributed by atoms with Crippen molar-refractivity contribution in [3.63, 3.8) is 0 Å². The van der Waals surface area contributed by atoms with E-state index in [4.69, 9.17) is 10.5 Å². The van der Waals surface area contributed by atoms with E-state index in [1.165, 1.54) is 0 Å². The summed E-state index contributed by atoms with van der Waals surface area (Å²) in [6.07, 6.45) is 4.54. The van der Waals surface area contributed by atoms with Gasteiger partial charge in [0.2, 0.25) is 0 Å². The molecule has 10 heavy (non-hydrogen) atoms. The SMILES string of the molecule is N#CC1=CC(C#N)CCC1. The first-order chi connectivity index (χ1) is 4.86. The van der Waals surface area contributed by atoms with E-state index in [-0.39, 0.29) is 5.92 Å². The van der Waals surface area contributed by atoms with Gasteiger partial charge in [-0.2, -0.15) is 10.5 Å². The Morgan fingerprint density at radius 1 is 1.50 bits per heavy atom. The van der Waals surface area contributed by atoms with Crippen LogP contribution in [0, 0.1) is 28.6 Å². The minimum absolute atomic E-state index is 0.0107. The second-order valence-electron chi connectivity index (χ2n) is 2.43. The van der Waals surface area contributed by atoms with Crippen LogP contribution in [0.1, 0.15) is 19.3 Å². The summed E-state index contributed by atoms with van der Waals surface area (Å²) in [7, 11) is 0. The fourth-order valence-electron chi connectivity index (χ4n) is 1.12. The van der Waals surface area contributed by atoms with Gasteiger partial charge in [0.1, 0.15) is 0 Å². The molecule has 0 N–H and O–H groups in total. The van der Waals surface area contributed by atoms with Gasteiger partial charge in [-0.15, -0.1) is 0 Å². The molecular weight excluding hydrogens is 124 g/mol. The molecule has 1 aliphatic rings. The Morgan fingerprint density at radius 2 is 2.30 bits per heavy atom. The highest BCUT2D eigenvalue weighted by atomic mass is 14.3. The van der Waals surface area contributed by atoms with Gasteiger partial charge in [0, 0.05) is 5.57 Å². The number of nitrogens with zero attached hydrogens (tertiary/aromatic N) is 2. The van der Waals surface area contributed by atoms with Gasteiger partial charge in [-0.1, -0.05) is 6.08 Å². The van der Waals surface area contributed by atoms with E-state index >= 15 is 0 Å². The highest BCUT2D eigenvalue weighted by Crippen LogP contribution is 2.21. The summed E-state index contributed by atoms with van der Waals surface area (Å²) in [4.78, 5) is 0. The average Bonchev–Trinajstić information content (AvgIpc) is 2.05. The summed E-state index contributed by atoms with van der Waals surface area (Å²) in [6, 6.07) is 4.22. The van der Waals surface area contributed by atoms with Crippen LogP contribution in [0.5, 0.6) is 0 Å². The van der Waals surface area contributed by atoms with Crippen LogP contribution in [0.3, 0.4) is 0 Å². The van der Waals surface area contributed by atoms with Crippen LogP contribution in [0.15, 0.2) is 11.6 Å². The lowest BCUT2D eigenvalue weighted by atomic mass is 9.92. The standard InChI is InChI=1S/C8H8N2/c9-5-7-2-1-3-8(4-7)6-10/h4,7H,1-3H2. The molecule has 0 aromatic carbocycles. The molecule has 0 aromatic heterocycles. The molecule has 2 nitrogen and oxygen atoms in total. The lowest BCUT2D eigenvalue weighted by molar-refractivity contribution is 0.628. The first-order valence-corrected chi connectivity index (χ1v) is 3.37. The van der Waals surface area contributed by atoms with E-state index in [0.717, 1.165) is 24.8 Å². The van der Waals surface area contributed by atoms with Crippen molar-refractivity contribution in [1.29, 1.82) is 10.5 Å². The minimum Gasteiger partial charge on any atom is -0.198 e. The Labute approximate surface area is 60.4 Å². The predicted molar refractivity (Wildman–Crippen MR) is 36.7 cm³/mol. The molecule has 50 valence electrons. The predicted octanol–water partition coefficient (Wildman–Crippen LogP) is 1.76. The second-order valence-corrected chi connectivity index (χ2v) is 2.43. The molecule has 0 radical (unpaired) electrons. The zero-order valence-corrected chi connectivity index (χ0v) is 5.67. The molecule has 0 aliphatic heterocycles. The molecule has 1 aliphatic carbocycles. The largest absolute Gasteiger partial charge is 0.198 e. The fraction of sp³-hybridized carbons (Fsp3) is 0.500. The van der Waals surface area contributed by atoms with Gasteiger partial charge in [-0.25, -0.2) is 0 Å². The molecule has 0 saturated carbocycles. The maximum Gasteiger partial charge on any atom is 0.0944 e. The van der Waals surface area contributed by atoms with Crippen molar-refractivity contribution in [3.8, 4) is 12.1 Å². The average molecular weight is 132 g/mol. The van der Waals surface area contributed by atoms with Crippen LogP contribution >= 0.6 is 0 Å². The third-order valence-corrected chi connectivity index (χ3v) is 1.67. The maximum absolute atomic E-state index is 8.50. The van der Waals surface area contributed by atoms with Crippen molar-refractivity contribution in [3.05, 3.63) is 11.6 Å². The molecule has 1 rings (SSSR count). The lowest BCUT2D eigenvalue weighted by Crippen LogP contribution is -2.00. The smallest absolute Gasteiger partial charge is 0.0944 e. The van der Waals surface area contributed by atoms with Crippen LogP contribution in [0.2, 0.25) is 0 Å². The Kier molecular flexibility index (Phi) is 2.07. The summed E-state index contributed by atoms with van der Waals surface area (Å²) < 4.78 is 0. The van der Waals surface area contributed by atoms with Gasteiger partial charge in [0.25, 0.3) is 0 Å². The van der Waals surface area contributed by atoms with E-state index in [0.29, 0.717) is 0 Å². The normalized spacial score (nSPS) is 24.2. The van der Waals surface area contributed by atoms with Crippen molar-refractivity contribution >= 4 is 0 Å². The molecule has 1 atom stereocenters. The van der Waals surface area contributed by atoms with Crippen LogP contribution in [0.4, 0.5) is 0 Å². The molecular formula is C8H8N2. The zero-order valence-electron chi connectivity index (χ0n) is 5.67. The lowest BCUT2D eigenvalue weighted by Gasteiger charge is -2.09. The van der Waals surface area contributed by atoms with E-state index < -0.39 is 0 Å². The van der Waals surface area contributed by atoms with Crippen LogP contribution < -0.4 is 0 Å². The first kappa shape index (κ1) is 6.83. The molecule has 1 unspecified atom stereocenters. The summed E-state index contributed by atoms with van der Waals surface area (Å²) in [5.74, 6) is -0.0107. The van der Waals surface area contributed by atoms with Gasteiger partial charge in [-0.05, 0) is 19.3 Å². The van der Waals surface area contributed by atoms with Gasteiger partial charge < -0.3 is 0 Å². The third-order valence-electron chi connectivity index (χ3n) is 1.67. The molecule has 0 spiro atoms. The van der Waals surface area contributed by atoms with Crippen molar-refractivity contribution in [2.75, 3.05) is 0 Å². The van der Waals surface area contributed by atoms with E-state index in [1.807, 2.05) is 0 Å². The van der Waals surface area contributed by atoms with Crippen molar-refractivity contribution in [1.82, 2.24) is 0 Å². The second kappa shape index (κ2) is 3.03. The number of rotatable bonds is 0. The van der Waals surface area contributed by atoms with Crippen molar-refractivity contribution < 1.29 is 0 Å². The Morgan fingerprint density at radius 3 is 2.90 bits per heavy atom. The highest BCUT2D eigenvalue weighted by molar-refractivity contribution is 5.25. The van der Waals surface area contributed by atoms with E-state index in [1.54, 1.807) is 6.08 Å². The first-order valence-electron chi connectivity index (χ1n) is 3.37. The van der Waals surface area contributed by atoms with E-state index in [2.05, 4.69) is 12.1 Å². The van der Waals surface area contributed by atoms with Crippen LogP contribution in [-0.4, -0.2) is 0 Å². The maximum atomic E-state index is 8.50. The zero-order chi connectivity index (χ0) is 7.40. The van der Waals surface area contributed by atoms with Gasteiger partial charge in [0.15, 0.2) is 0 Å². The topological polar surface area (TPSA) is 47.6 Å². The van der Waals surface area contributed by atoms with Gasteiger partial charge in [0.05, 0.1) is 18.1 Å². The Hall–Kier alpha value is -1.28. The Balaban J connectivity index is 2.70. The van der Waals surface area contributed by atoms with E-state index in [9.17, 15) is 0 Å². The highest BCUT2D eigenvalue weighted by Gasteiger charge is 2.11. The molecule has 2 heteroatoms. The summed E-state index contributed by atoms with van der Waals surface area (Å²) in [6.45, 7) is 0. The summed E-state index contributed by atoms with van der Waals surface area (Å²) in [5, 5.41) is 17.0. The molecule has 0 amide bonds. The van der Waals surface area contributed by atoms with Crippen molar-refractivity contribution in [2.45, 2.75) is 19.3 Å². The monoisotopic (exact) mass is 132 g/mol. The van der Waals surface area contributed by atoms with Crippen molar-refractivity contribution in [2.24, 2.45) is 5.92 Å². The minimum atomic E-state index is -0.0107. The van der Waals surface area contributed by atoms with Gasteiger partial charge in [-0.3, -0.25) is 0 Å². The quantitative estimate of drug-likeness (QED) is 0.504.